The summed E-state index contributed by atoms with van der Waals surface area (Å²) in [5.41, 5.74) is -1.19. The van der Waals surface area contributed by atoms with Crippen LogP contribution in [0.15, 0.2) is 18.2 Å². The fourth-order valence-corrected chi connectivity index (χ4v) is 2.12. The predicted octanol–water partition coefficient (Wildman–Crippen LogP) is 0.877. The second-order valence-corrected chi connectivity index (χ2v) is 4.90. The van der Waals surface area contributed by atoms with Crippen LogP contribution in [0.4, 0.5) is 5.69 Å². The summed E-state index contributed by atoms with van der Waals surface area (Å²) in [4.78, 5) is 33.7. The molecule has 1 atom stereocenters. The number of nitrogens with one attached hydrogen (secondary N) is 1. The van der Waals surface area contributed by atoms with Gasteiger partial charge in [0, 0.05) is 30.2 Å². The number of rotatable bonds is 4. The van der Waals surface area contributed by atoms with Crippen molar-refractivity contribution in [2.45, 2.75) is 18.9 Å². The van der Waals surface area contributed by atoms with E-state index in [1.54, 1.807) is 6.92 Å². The maximum Gasteiger partial charge on any atom is 0.331 e. The van der Waals surface area contributed by atoms with Gasteiger partial charge in [-0.1, -0.05) is 6.07 Å². The highest BCUT2D eigenvalue weighted by atomic mass is 16.6. The summed E-state index contributed by atoms with van der Waals surface area (Å²) in [6, 6.07) is 4.00. The molecule has 1 aliphatic rings. The first kappa shape index (κ1) is 14.9. The molecule has 0 bridgehead atoms. The van der Waals surface area contributed by atoms with Crippen molar-refractivity contribution in [2.24, 2.45) is 0 Å². The molecule has 1 aliphatic heterocycles. The van der Waals surface area contributed by atoms with Crippen LogP contribution < -0.4 is 5.32 Å². The van der Waals surface area contributed by atoms with Gasteiger partial charge in [0.25, 0.3) is 11.6 Å². The van der Waals surface area contributed by atoms with E-state index >= 15 is 0 Å². The number of carbonyl (C=O) groups is 2. The lowest BCUT2D eigenvalue weighted by Crippen LogP contribution is -2.55. The van der Waals surface area contributed by atoms with Crippen LogP contribution in [0.5, 0.6) is 0 Å². The Kier molecular flexibility index (Phi) is 3.90. The summed E-state index contributed by atoms with van der Waals surface area (Å²) in [5.74, 6) is -1.86. The normalized spacial score (nSPS) is 21.0. The highest BCUT2D eigenvalue weighted by Crippen LogP contribution is 2.22. The summed E-state index contributed by atoms with van der Waals surface area (Å²) in [7, 11) is 0. The lowest BCUT2D eigenvalue weighted by atomic mass is 9.98. The summed E-state index contributed by atoms with van der Waals surface area (Å²) in [6.45, 7) is 1.67. The lowest BCUT2D eigenvalue weighted by molar-refractivity contribution is -0.385. The zero-order valence-electron chi connectivity index (χ0n) is 11.3. The number of nitro groups is 1. The van der Waals surface area contributed by atoms with Crippen molar-refractivity contribution < 1.29 is 24.4 Å². The molecule has 2 N–H and O–H groups in total. The number of hydrogen-bond donors (Lipinski definition) is 2. The van der Waals surface area contributed by atoms with E-state index in [9.17, 15) is 24.8 Å². The smallest absolute Gasteiger partial charge is 0.331 e. The fraction of sp³-hybridized carbons (Fsp3) is 0.385. The number of nitrogens with zero attached hydrogens (tertiary/aromatic N) is 1. The summed E-state index contributed by atoms with van der Waals surface area (Å²) in [6.07, 6.45) is 0.155. The molecule has 0 saturated carbocycles. The van der Waals surface area contributed by atoms with Gasteiger partial charge in [0.1, 0.15) is 0 Å². The molecule has 8 heteroatoms. The van der Waals surface area contributed by atoms with Crippen LogP contribution >= 0.6 is 0 Å². The van der Waals surface area contributed by atoms with Gasteiger partial charge in [-0.25, -0.2) is 4.79 Å². The van der Waals surface area contributed by atoms with E-state index in [1.165, 1.54) is 12.1 Å². The minimum atomic E-state index is -1.48. The zero-order chi connectivity index (χ0) is 15.6. The molecule has 1 aromatic rings. The molecular formula is C13H14N2O6. The molecule has 0 aromatic heterocycles. The van der Waals surface area contributed by atoms with E-state index in [2.05, 4.69) is 5.32 Å². The molecule has 0 spiro atoms. The average molecular weight is 294 g/mol. The monoisotopic (exact) mass is 294 g/mol. The summed E-state index contributed by atoms with van der Waals surface area (Å²) >= 11 is 0. The first-order chi connectivity index (χ1) is 9.85. The Morgan fingerprint density at radius 1 is 1.48 bits per heavy atom. The second kappa shape index (κ2) is 5.49. The Labute approximate surface area is 119 Å². The largest absolute Gasteiger partial charge is 0.479 e. The third kappa shape index (κ3) is 2.84. The molecular weight excluding hydrogens is 280 g/mol. The predicted molar refractivity (Wildman–Crippen MR) is 71.1 cm³/mol. The van der Waals surface area contributed by atoms with Crippen molar-refractivity contribution in [1.82, 2.24) is 5.32 Å². The van der Waals surface area contributed by atoms with E-state index in [1.807, 2.05) is 0 Å². The number of nitro benzene ring substituents is 1. The fourth-order valence-electron chi connectivity index (χ4n) is 2.12. The van der Waals surface area contributed by atoms with Crippen molar-refractivity contribution in [3.05, 3.63) is 39.4 Å². The Hall–Kier alpha value is -2.48. The topological polar surface area (TPSA) is 119 Å². The maximum absolute atomic E-state index is 12.1. The molecule has 2 rings (SSSR count). The number of hydrogen-bond acceptors (Lipinski definition) is 5. The number of amides is 1. The molecule has 8 nitrogen and oxygen atoms in total. The number of carbonyl (C=O) groups excluding carboxylic acids is 1. The van der Waals surface area contributed by atoms with Crippen LogP contribution in [-0.4, -0.2) is 40.7 Å². The SMILES string of the molecule is Cc1ccc(C(=O)NC2(C(=O)O)CCOC2)cc1[N+](=O)[O-]. The average Bonchev–Trinajstić information content (AvgIpc) is 2.88. The van der Waals surface area contributed by atoms with Gasteiger partial charge in [-0.3, -0.25) is 14.9 Å². The van der Waals surface area contributed by atoms with Gasteiger partial charge in [-0.15, -0.1) is 0 Å². The van der Waals surface area contributed by atoms with Crippen LogP contribution in [0.1, 0.15) is 22.3 Å². The number of benzene rings is 1. The van der Waals surface area contributed by atoms with Gasteiger partial charge in [0.05, 0.1) is 11.5 Å². The molecule has 1 saturated heterocycles. The summed E-state index contributed by atoms with van der Waals surface area (Å²) < 4.78 is 5.04. The molecule has 1 unspecified atom stereocenters. The van der Waals surface area contributed by atoms with Crippen molar-refractivity contribution >= 4 is 17.6 Å². The Morgan fingerprint density at radius 2 is 2.19 bits per heavy atom. The maximum atomic E-state index is 12.1. The quantitative estimate of drug-likeness (QED) is 0.628. The number of carboxylic acid groups (broad SMARTS) is 1. The molecule has 0 radical (unpaired) electrons. The van der Waals surface area contributed by atoms with E-state index in [-0.39, 0.29) is 30.9 Å². The van der Waals surface area contributed by atoms with Gasteiger partial charge in [-0.05, 0) is 13.0 Å². The van der Waals surface area contributed by atoms with E-state index in [0.717, 1.165) is 6.07 Å². The van der Waals surface area contributed by atoms with Crippen molar-refractivity contribution in [2.75, 3.05) is 13.2 Å². The van der Waals surface area contributed by atoms with E-state index in [0.29, 0.717) is 5.56 Å². The second-order valence-electron chi connectivity index (χ2n) is 4.90. The van der Waals surface area contributed by atoms with Gasteiger partial charge >= 0.3 is 5.97 Å². The highest BCUT2D eigenvalue weighted by molar-refractivity contribution is 5.98. The standard InChI is InChI=1S/C13H14N2O6/c1-8-2-3-9(6-10(8)15(19)20)11(16)14-13(12(17)18)4-5-21-7-13/h2-3,6H,4-5,7H2,1H3,(H,14,16)(H,17,18). The third-order valence-electron chi connectivity index (χ3n) is 3.45. The van der Waals surface area contributed by atoms with E-state index in [4.69, 9.17) is 4.74 Å². The van der Waals surface area contributed by atoms with Crippen LogP contribution in [-0.2, 0) is 9.53 Å². The van der Waals surface area contributed by atoms with Crippen molar-refractivity contribution in [1.29, 1.82) is 0 Å². The number of aryl methyl sites for hydroxylation is 1. The first-order valence-corrected chi connectivity index (χ1v) is 6.24. The van der Waals surface area contributed by atoms with Crippen LogP contribution in [0.25, 0.3) is 0 Å². The highest BCUT2D eigenvalue weighted by Gasteiger charge is 2.44. The van der Waals surface area contributed by atoms with Gasteiger partial charge in [0.15, 0.2) is 5.54 Å². The minimum Gasteiger partial charge on any atom is -0.479 e. The van der Waals surface area contributed by atoms with Crippen LogP contribution in [0.2, 0.25) is 0 Å². The number of aliphatic carboxylic acids is 1. The number of ether oxygens (including phenoxy) is 1. The van der Waals surface area contributed by atoms with E-state index < -0.39 is 22.3 Å². The number of carboxylic acids is 1. The molecule has 21 heavy (non-hydrogen) atoms. The molecule has 1 fully saturated rings. The summed E-state index contributed by atoms with van der Waals surface area (Å²) in [5, 5.41) is 22.5. The molecule has 1 aromatic carbocycles. The van der Waals surface area contributed by atoms with Crippen molar-refractivity contribution in [3.63, 3.8) is 0 Å². The van der Waals surface area contributed by atoms with Gasteiger partial charge in [-0.2, -0.15) is 0 Å². The van der Waals surface area contributed by atoms with Crippen LogP contribution in [0, 0.1) is 17.0 Å². The molecule has 1 amide bonds. The first-order valence-electron chi connectivity index (χ1n) is 6.24. The Balaban J connectivity index is 2.26. The lowest BCUT2D eigenvalue weighted by Gasteiger charge is -2.23. The third-order valence-corrected chi connectivity index (χ3v) is 3.45. The van der Waals surface area contributed by atoms with Crippen LogP contribution in [0.3, 0.4) is 0 Å². The molecule has 1 heterocycles. The Bertz CT molecular complexity index is 607. The zero-order valence-corrected chi connectivity index (χ0v) is 11.3. The molecule has 112 valence electrons. The van der Waals surface area contributed by atoms with Crippen molar-refractivity contribution in [3.8, 4) is 0 Å². The van der Waals surface area contributed by atoms with Gasteiger partial charge in [0.2, 0.25) is 0 Å². The minimum absolute atomic E-state index is 0.0415. The molecule has 0 aliphatic carbocycles. The van der Waals surface area contributed by atoms with Gasteiger partial charge < -0.3 is 15.2 Å². The Morgan fingerprint density at radius 3 is 2.71 bits per heavy atom.